The molecule has 0 atom stereocenters. The van der Waals surface area contributed by atoms with Crippen LogP contribution in [-0.4, -0.2) is 27.8 Å². The van der Waals surface area contributed by atoms with Crippen molar-refractivity contribution < 1.29 is 13.2 Å². The zero-order chi connectivity index (χ0) is 23.2. The van der Waals surface area contributed by atoms with Crippen LogP contribution in [0.5, 0.6) is 0 Å². The number of para-hydroxylation sites is 3. The van der Waals surface area contributed by atoms with Crippen LogP contribution in [0.3, 0.4) is 0 Å². The minimum atomic E-state index is -4.36. The third-order valence-corrected chi connectivity index (χ3v) is 7.35. The molecule has 33 heavy (non-hydrogen) atoms. The van der Waals surface area contributed by atoms with Gasteiger partial charge in [-0.1, -0.05) is 49.4 Å². The molecule has 3 aromatic carbocycles. The SMILES string of the molecule is CCc1ccc(C(=O)n2c(=O)n(S(=O)(=O)c3cccc4cccnc34)c3ccccc32)cc1. The van der Waals surface area contributed by atoms with E-state index in [0.29, 0.717) is 14.9 Å². The fraction of sp³-hybridized carbons (Fsp3) is 0.0800. The van der Waals surface area contributed by atoms with Gasteiger partial charge in [0.1, 0.15) is 4.90 Å². The van der Waals surface area contributed by atoms with Crippen molar-refractivity contribution >= 4 is 37.9 Å². The van der Waals surface area contributed by atoms with Crippen LogP contribution < -0.4 is 5.69 Å². The fourth-order valence-corrected chi connectivity index (χ4v) is 5.51. The highest BCUT2D eigenvalue weighted by Crippen LogP contribution is 2.25. The van der Waals surface area contributed by atoms with Crippen LogP contribution in [0.15, 0.2) is 94.7 Å². The zero-order valence-corrected chi connectivity index (χ0v) is 18.5. The summed E-state index contributed by atoms with van der Waals surface area (Å²) in [6, 6.07) is 21.5. The molecule has 0 aliphatic rings. The van der Waals surface area contributed by atoms with Crippen molar-refractivity contribution in [2.45, 2.75) is 18.2 Å². The van der Waals surface area contributed by atoms with Crippen molar-refractivity contribution in [3.05, 3.63) is 107 Å². The molecule has 0 spiro atoms. The summed E-state index contributed by atoms with van der Waals surface area (Å²) in [7, 11) is -4.36. The van der Waals surface area contributed by atoms with Gasteiger partial charge in [-0.3, -0.25) is 9.78 Å². The van der Waals surface area contributed by atoms with E-state index in [0.717, 1.165) is 16.6 Å². The summed E-state index contributed by atoms with van der Waals surface area (Å²) < 4.78 is 29.1. The Bertz CT molecular complexity index is 1690. The average molecular weight is 458 g/mol. The third kappa shape index (κ3) is 3.27. The van der Waals surface area contributed by atoms with Gasteiger partial charge in [0.15, 0.2) is 0 Å². The second-order valence-electron chi connectivity index (χ2n) is 7.56. The largest absolute Gasteiger partial charge is 0.350 e. The molecule has 5 aromatic rings. The molecule has 7 nitrogen and oxygen atoms in total. The second-order valence-corrected chi connectivity index (χ2v) is 9.32. The molecule has 2 aromatic heterocycles. The van der Waals surface area contributed by atoms with Crippen LogP contribution in [-0.2, 0) is 16.4 Å². The lowest BCUT2D eigenvalue weighted by Gasteiger charge is -2.08. The number of benzene rings is 3. The van der Waals surface area contributed by atoms with Gasteiger partial charge < -0.3 is 0 Å². The van der Waals surface area contributed by atoms with E-state index in [-0.39, 0.29) is 21.4 Å². The second kappa shape index (κ2) is 7.83. The maximum Gasteiger partial charge on any atom is 0.350 e. The van der Waals surface area contributed by atoms with Gasteiger partial charge in [-0.05, 0) is 48.4 Å². The first-order chi connectivity index (χ1) is 15.9. The summed E-state index contributed by atoms with van der Waals surface area (Å²) in [5.41, 5.74) is 0.977. The summed E-state index contributed by atoms with van der Waals surface area (Å²) >= 11 is 0. The van der Waals surface area contributed by atoms with Gasteiger partial charge in [-0.25, -0.2) is 17.8 Å². The maximum atomic E-state index is 13.7. The highest BCUT2D eigenvalue weighted by molar-refractivity contribution is 7.90. The summed E-state index contributed by atoms with van der Waals surface area (Å²) in [5, 5.41) is 0.627. The molecule has 0 radical (unpaired) electrons. The topological polar surface area (TPSA) is 91.0 Å². The van der Waals surface area contributed by atoms with Crippen molar-refractivity contribution in [2.24, 2.45) is 0 Å². The lowest BCUT2D eigenvalue weighted by Crippen LogP contribution is -2.33. The van der Waals surface area contributed by atoms with Crippen molar-refractivity contribution in [3.8, 4) is 0 Å². The van der Waals surface area contributed by atoms with E-state index in [1.807, 2.05) is 19.1 Å². The molecule has 0 saturated heterocycles. The Kier molecular flexibility index (Phi) is 4.94. The summed E-state index contributed by atoms with van der Waals surface area (Å²) in [6.45, 7) is 2.00. The number of aryl methyl sites for hydroxylation is 1. The summed E-state index contributed by atoms with van der Waals surface area (Å²) in [4.78, 5) is 30.9. The highest BCUT2D eigenvalue weighted by Gasteiger charge is 2.29. The van der Waals surface area contributed by atoms with Gasteiger partial charge in [0.05, 0.1) is 16.6 Å². The van der Waals surface area contributed by atoms with Crippen LogP contribution in [0.2, 0.25) is 0 Å². The van der Waals surface area contributed by atoms with E-state index >= 15 is 0 Å². The first kappa shape index (κ1) is 20.8. The van der Waals surface area contributed by atoms with Crippen LogP contribution in [0, 0.1) is 0 Å². The zero-order valence-electron chi connectivity index (χ0n) is 17.7. The quantitative estimate of drug-likeness (QED) is 0.409. The van der Waals surface area contributed by atoms with Crippen molar-refractivity contribution in [3.63, 3.8) is 0 Å². The Morgan fingerprint density at radius 1 is 0.879 bits per heavy atom. The predicted molar refractivity (Wildman–Crippen MR) is 126 cm³/mol. The van der Waals surface area contributed by atoms with E-state index in [9.17, 15) is 18.0 Å². The van der Waals surface area contributed by atoms with E-state index in [2.05, 4.69) is 4.98 Å². The van der Waals surface area contributed by atoms with Gasteiger partial charge >= 0.3 is 5.69 Å². The van der Waals surface area contributed by atoms with Gasteiger partial charge in [-0.2, -0.15) is 3.97 Å². The van der Waals surface area contributed by atoms with Crippen molar-refractivity contribution in [1.29, 1.82) is 0 Å². The van der Waals surface area contributed by atoms with Crippen molar-refractivity contribution in [2.75, 3.05) is 0 Å². The maximum absolute atomic E-state index is 13.7. The van der Waals surface area contributed by atoms with Gasteiger partial charge in [-0.15, -0.1) is 0 Å². The Morgan fingerprint density at radius 3 is 2.30 bits per heavy atom. The van der Waals surface area contributed by atoms with Gasteiger partial charge in [0.25, 0.3) is 15.9 Å². The number of imidazole rings is 1. The molecule has 0 bridgehead atoms. The molecule has 164 valence electrons. The minimum absolute atomic E-state index is 0.106. The molecule has 0 saturated carbocycles. The number of pyridine rings is 1. The molecule has 0 aliphatic carbocycles. The van der Waals surface area contributed by atoms with E-state index < -0.39 is 21.6 Å². The number of carbonyl (C=O) groups is 1. The van der Waals surface area contributed by atoms with Gasteiger partial charge in [0, 0.05) is 17.1 Å². The predicted octanol–water partition coefficient (Wildman–Crippen LogP) is 3.84. The molecule has 0 fully saturated rings. The Hall–Kier alpha value is -4.04. The Balaban J connectivity index is 1.77. The number of nitrogens with zero attached hydrogens (tertiary/aromatic N) is 3. The molecular weight excluding hydrogens is 438 g/mol. The first-order valence-electron chi connectivity index (χ1n) is 10.4. The lowest BCUT2D eigenvalue weighted by atomic mass is 10.1. The van der Waals surface area contributed by atoms with Crippen LogP contribution in [0.4, 0.5) is 0 Å². The monoisotopic (exact) mass is 457 g/mol. The summed E-state index contributed by atoms with van der Waals surface area (Å²) in [5.74, 6) is -0.594. The molecule has 0 unspecified atom stereocenters. The number of hydrogen-bond donors (Lipinski definition) is 0. The first-order valence-corrected chi connectivity index (χ1v) is 11.8. The van der Waals surface area contributed by atoms with Crippen molar-refractivity contribution in [1.82, 2.24) is 13.5 Å². The molecule has 5 rings (SSSR count). The van der Waals surface area contributed by atoms with Crippen LogP contribution in [0.1, 0.15) is 22.8 Å². The highest BCUT2D eigenvalue weighted by atomic mass is 32.2. The standard InChI is InChI=1S/C25H19N3O4S/c1-2-17-12-14-19(15-13-17)24(29)27-20-9-3-4-10-21(20)28(25(27)30)33(31,32)22-11-5-7-18-8-6-16-26-23(18)22/h3-16H,2H2,1H3. The number of carbonyl (C=O) groups excluding carboxylic acids is 1. The van der Waals surface area contributed by atoms with Crippen LogP contribution in [0.25, 0.3) is 21.9 Å². The molecule has 8 heteroatoms. The molecule has 2 heterocycles. The Labute approximate surface area is 189 Å². The van der Waals surface area contributed by atoms with E-state index in [4.69, 9.17) is 0 Å². The number of hydrogen-bond acceptors (Lipinski definition) is 5. The van der Waals surface area contributed by atoms with E-state index in [1.54, 1.807) is 54.6 Å². The number of fused-ring (bicyclic) bond motifs is 2. The molecule has 0 aliphatic heterocycles. The minimum Gasteiger partial charge on any atom is -0.268 e. The lowest BCUT2D eigenvalue weighted by molar-refractivity contribution is 0.0961. The average Bonchev–Trinajstić information content (AvgIpc) is 3.15. The Morgan fingerprint density at radius 2 is 1.58 bits per heavy atom. The number of aromatic nitrogens is 3. The fourth-order valence-electron chi connectivity index (χ4n) is 3.95. The normalized spacial score (nSPS) is 11.8. The molecular formula is C25H19N3O4S. The molecule has 0 N–H and O–H groups in total. The van der Waals surface area contributed by atoms with E-state index in [1.165, 1.54) is 18.3 Å². The molecule has 0 amide bonds. The third-order valence-electron chi connectivity index (χ3n) is 5.63. The van der Waals surface area contributed by atoms with Crippen LogP contribution >= 0.6 is 0 Å². The van der Waals surface area contributed by atoms with Gasteiger partial charge in [0.2, 0.25) is 0 Å². The number of rotatable bonds is 4. The summed E-state index contributed by atoms with van der Waals surface area (Å²) in [6.07, 6.45) is 2.31. The smallest absolute Gasteiger partial charge is 0.268 e.